The monoisotopic (exact) mass is 537 g/mol. The van der Waals surface area contributed by atoms with Gasteiger partial charge in [-0.25, -0.2) is 0 Å². The van der Waals surface area contributed by atoms with Crippen LogP contribution in [0.4, 0.5) is 0 Å². The van der Waals surface area contributed by atoms with Crippen LogP contribution in [-0.4, -0.2) is 146 Å². The van der Waals surface area contributed by atoms with Crippen LogP contribution in [0.3, 0.4) is 0 Å². The predicted molar refractivity (Wildman–Crippen MR) is 149 cm³/mol. The number of rotatable bonds is 16. The van der Waals surface area contributed by atoms with Crippen LogP contribution in [0.1, 0.15) is 41.0 Å². The molecule has 2 saturated heterocycles. The minimum atomic E-state index is -0.610. The third-order valence-electron chi connectivity index (χ3n) is 7.44. The van der Waals surface area contributed by atoms with Gasteiger partial charge in [-0.1, -0.05) is 13.8 Å². The Morgan fingerprint density at radius 3 is 2.00 bits per heavy atom. The topological polar surface area (TPSA) is 65.1 Å². The first-order valence-electron chi connectivity index (χ1n) is 14.4. The second-order valence-electron chi connectivity index (χ2n) is 12.0. The van der Waals surface area contributed by atoms with E-state index in [1.54, 1.807) is 7.11 Å². The highest BCUT2D eigenvalue weighted by molar-refractivity contribution is 6.12. The first-order valence-corrected chi connectivity index (χ1v) is 14.4. The van der Waals surface area contributed by atoms with Gasteiger partial charge < -0.3 is 33.3 Å². The molecule has 3 aliphatic rings. The smallest absolute Gasteiger partial charge is 0.167 e. The van der Waals surface area contributed by atoms with Gasteiger partial charge >= 0.3 is 0 Å². The summed E-state index contributed by atoms with van der Waals surface area (Å²) in [6.45, 7) is 24.5. The molecule has 0 aliphatic carbocycles. The van der Waals surface area contributed by atoms with Gasteiger partial charge in [0.1, 0.15) is 20.6 Å². The molecule has 0 N–H and O–H groups in total. The molecule has 0 spiro atoms. The molecule has 3 rings (SSSR count). The van der Waals surface area contributed by atoms with Crippen molar-refractivity contribution in [3.8, 4) is 0 Å². The average Bonchev–Trinajstić information content (AvgIpc) is 3.17. The van der Waals surface area contributed by atoms with Gasteiger partial charge in [-0.05, 0) is 32.6 Å². The third-order valence-corrected chi connectivity index (χ3v) is 7.44. The highest BCUT2D eigenvalue weighted by atomic mass is 16.6. The van der Waals surface area contributed by atoms with Crippen molar-refractivity contribution in [1.29, 1.82) is 0 Å². The highest BCUT2D eigenvalue weighted by Crippen LogP contribution is 2.36. The van der Waals surface area contributed by atoms with E-state index in [1.165, 1.54) is 0 Å². The van der Waals surface area contributed by atoms with Crippen molar-refractivity contribution < 1.29 is 28.4 Å². The predicted octanol–water partition coefficient (Wildman–Crippen LogP) is 1.95. The van der Waals surface area contributed by atoms with E-state index < -0.39 is 17.7 Å². The molecule has 0 aromatic carbocycles. The van der Waals surface area contributed by atoms with Crippen molar-refractivity contribution in [2.45, 2.75) is 58.7 Å². The molecule has 38 heavy (non-hydrogen) atoms. The van der Waals surface area contributed by atoms with Crippen LogP contribution in [-0.2, 0) is 28.4 Å². The molecule has 0 saturated carbocycles. The van der Waals surface area contributed by atoms with E-state index >= 15 is 0 Å². The molecule has 0 aromatic rings. The maximum Gasteiger partial charge on any atom is 0.167 e. The van der Waals surface area contributed by atoms with Crippen LogP contribution in [0.25, 0.3) is 0 Å². The van der Waals surface area contributed by atoms with E-state index in [-0.39, 0.29) is 5.41 Å². The summed E-state index contributed by atoms with van der Waals surface area (Å²) in [5, 5.41) is 0. The first kappa shape index (κ1) is 31.6. The number of hydrogen-bond acceptors (Lipinski definition) is 9. The highest BCUT2D eigenvalue weighted by Gasteiger charge is 2.41. The number of ether oxygens (including phenoxy) is 6. The van der Waals surface area contributed by atoms with Crippen molar-refractivity contribution in [1.82, 2.24) is 14.7 Å². The summed E-state index contributed by atoms with van der Waals surface area (Å²) in [6, 6.07) is -0.610. The minimum Gasteiger partial charge on any atom is -0.496 e. The van der Waals surface area contributed by atoms with Gasteiger partial charge in [0, 0.05) is 65.5 Å². The summed E-state index contributed by atoms with van der Waals surface area (Å²) in [7, 11) is 7.96. The number of nitrogens with zero attached hydrogens (tertiary/aromatic N) is 3. The Labute approximate surface area is 232 Å². The largest absolute Gasteiger partial charge is 0.496 e. The van der Waals surface area contributed by atoms with E-state index in [9.17, 15) is 0 Å². The van der Waals surface area contributed by atoms with Crippen molar-refractivity contribution in [2.75, 3.05) is 106 Å². The fourth-order valence-electron chi connectivity index (χ4n) is 5.93. The summed E-state index contributed by atoms with van der Waals surface area (Å²) in [4.78, 5) is 7.67. The Hall–Kier alpha value is -0.875. The molecule has 3 heterocycles. The zero-order chi connectivity index (χ0) is 27.6. The van der Waals surface area contributed by atoms with Crippen molar-refractivity contribution >= 4 is 7.85 Å². The van der Waals surface area contributed by atoms with E-state index in [4.69, 9.17) is 36.3 Å². The van der Waals surface area contributed by atoms with Crippen LogP contribution in [0.15, 0.2) is 11.5 Å². The summed E-state index contributed by atoms with van der Waals surface area (Å²) < 4.78 is 34.7. The number of morpholine rings is 2. The average molecular weight is 538 g/mol. The van der Waals surface area contributed by atoms with E-state index in [0.29, 0.717) is 24.7 Å². The fraction of sp³-hybridized carbons (Fsp3) is 0.929. The molecular weight excluding hydrogens is 485 g/mol. The summed E-state index contributed by atoms with van der Waals surface area (Å²) in [5.41, 5.74) is -0.408. The lowest BCUT2D eigenvalue weighted by Crippen LogP contribution is -2.48. The van der Waals surface area contributed by atoms with Crippen molar-refractivity contribution in [3.63, 3.8) is 0 Å². The molecule has 3 aliphatic heterocycles. The molecule has 10 heteroatoms. The maximum absolute atomic E-state index is 6.60. The van der Waals surface area contributed by atoms with Gasteiger partial charge in [-0.2, -0.15) is 0 Å². The molecule has 9 nitrogen and oxygen atoms in total. The second-order valence-corrected chi connectivity index (χ2v) is 12.0. The quantitative estimate of drug-likeness (QED) is 0.275. The lowest BCUT2D eigenvalue weighted by molar-refractivity contribution is -0.107. The van der Waals surface area contributed by atoms with Gasteiger partial charge in [0.15, 0.2) is 11.5 Å². The molecule has 218 valence electrons. The van der Waals surface area contributed by atoms with Crippen LogP contribution < -0.4 is 0 Å². The molecule has 2 fully saturated rings. The second kappa shape index (κ2) is 15.2. The Balaban J connectivity index is 1.60. The normalized spacial score (nSPS) is 24.3. The lowest BCUT2D eigenvalue weighted by Gasteiger charge is -2.41. The standard InChI is InChI=1S/C28H52BN3O6/c1-7-34-20-23-24(33-6)25(26(29)37-23)38-28(4,5)21-27(2,3)22-32(10-8-30-12-16-35-17-13-30)11-9-31-14-18-36-19-15-31/h25-26H,7-22H2,1-6H3/t25?,26-/m1/s1. The van der Waals surface area contributed by atoms with Crippen LogP contribution in [0.5, 0.6) is 0 Å². The molecular formula is C28H52BN3O6. The fourth-order valence-corrected chi connectivity index (χ4v) is 5.93. The molecule has 0 aromatic heterocycles. The SMILES string of the molecule is [B][C@@H]1OC(COCC)=C(OC)C1OC(C)(C)CC(C)(C)CN(CCN1CCOCC1)CCN1CCOCC1. The summed E-state index contributed by atoms with van der Waals surface area (Å²) >= 11 is 0. The van der Waals surface area contributed by atoms with E-state index in [2.05, 4.69) is 42.4 Å². The van der Waals surface area contributed by atoms with Crippen molar-refractivity contribution in [2.24, 2.45) is 5.41 Å². The molecule has 2 atom stereocenters. The molecule has 0 amide bonds. The van der Waals surface area contributed by atoms with Gasteiger partial charge in [0.25, 0.3) is 0 Å². The Morgan fingerprint density at radius 2 is 1.50 bits per heavy atom. The molecule has 1 unspecified atom stereocenters. The third kappa shape index (κ3) is 10.3. The van der Waals surface area contributed by atoms with Crippen LogP contribution in [0.2, 0.25) is 0 Å². The Morgan fingerprint density at radius 1 is 0.947 bits per heavy atom. The Kier molecular flexibility index (Phi) is 12.7. The minimum absolute atomic E-state index is 0.0220. The van der Waals surface area contributed by atoms with Gasteiger partial charge in [-0.3, -0.25) is 9.80 Å². The zero-order valence-corrected chi connectivity index (χ0v) is 24.8. The van der Waals surface area contributed by atoms with Crippen molar-refractivity contribution in [3.05, 3.63) is 11.5 Å². The number of methoxy groups -OCH3 is 1. The van der Waals surface area contributed by atoms with Crippen LogP contribution >= 0.6 is 0 Å². The lowest BCUT2D eigenvalue weighted by atomic mass is 9.80. The van der Waals surface area contributed by atoms with Gasteiger partial charge in [0.2, 0.25) is 0 Å². The molecule has 2 radical (unpaired) electrons. The van der Waals surface area contributed by atoms with Gasteiger partial charge in [0.05, 0.1) is 45.1 Å². The summed E-state index contributed by atoms with van der Waals surface area (Å²) in [5.74, 6) is 1.26. The van der Waals surface area contributed by atoms with Crippen LogP contribution in [0, 0.1) is 5.41 Å². The number of hydrogen-bond donors (Lipinski definition) is 0. The zero-order valence-electron chi connectivity index (χ0n) is 24.8. The first-order chi connectivity index (χ1) is 18.1. The Bertz CT molecular complexity index is 703. The van der Waals surface area contributed by atoms with E-state index in [0.717, 1.165) is 91.8 Å². The van der Waals surface area contributed by atoms with Gasteiger partial charge in [-0.15, -0.1) is 0 Å². The maximum atomic E-state index is 6.60. The molecule has 0 bridgehead atoms. The van der Waals surface area contributed by atoms with E-state index in [1.807, 2.05) is 6.92 Å². The summed E-state index contributed by atoms with van der Waals surface area (Å²) in [6.07, 6.45) is 0.409.